The summed E-state index contributed by atoms with van der Waals surface area (Å²) >= 11 is 0. The Hall–Kier alpha value is -4.58. The van der Waals surface area contributed by atoms with E-state index in [0.29, 0.717) is 47.2 Å². The molecule has 2 aromatic carbocycles. The Kier molecular flexibility index (Phi) is 9.68. The molecule has 3 N–H and O–H groups in total. The highest BCUT2D eigenvalue weighted by atomic mass is 16.5. The fourth-order valence-electron chi connectivity index (χ4n) is 4.79. The standard InChI is InChI=1S/C30H38N6O6/c1-18-15-36(30(39)33-27-20(3)34-42-21(27)4)19(2)17-41-25-14-23(32-29(38)31-22-10-8-7-9-11-22)12-13-24(25)28(37)35(5)16-26(18)40-6/h7-14,18-19,26H,15-17H2,1-6H3,(H,33,39)(H2,31,32,38)/t18-,19-,26-/m0/s1. The Morgan fingerprint density at radius 3 is 2.38 bits per heavy atom. The largest absolute Gasteiger partial charge is 0.491 e. The predicted octanol–water partition coefficient (Wildman–Crippen LogP) is 4.97. The third kappa shape index (κ3) is 7.19. The highest BCUT2D eigenvalue weighted by Gasteiger charge is 2.31. The van der Waals surface area contributed by atoms with Gasteiger partial charge in [0.25, 0.3) is 5.91 Å². The zero-order valence-electron chi connectivity index (χ0n) is 24.8. The van der Waals surface area contributed by atoms with Crippen LogP contribution in [0.4, 0.5) is 26.7 Å². The topological polar surface area (TPSA) is 138 Å². The van der Waals surface area contributed by atoms with Crippen molar-refractivity contribution in [1.29, 1.82) is 0 Å². The van der Waals surface area contributed by atoms with Gasteiger partial charge in [-0.3, -0.25) is 4.79 Å². The van der Waals surface area contributed by atoms with Crippen molar-refractivity contribution in [3.8, 4) is 5.75 Å². The Morgan fingerprint density at radius 2 is 1.71 bits per heavy atom. The quantitative estimate of drug-likeness (QED) is 0.397. The van der Waals surface area contributed by atoms with Crippen molar-refractivity contribution in [3.63, 3.8) is 0 Å². The number of anilines is 3. The first-order chi connectivity index (χ1) is 20.1. The molecule has 3 aromatic rings. The van der Waals surface area contributed by atoms with Gasteiger partial charge in [0.15, 0.2) is 5.76 Å². The van der Waals surface area contributed by atoms with E-state index >= 15 is 0 Å². The maximum absolute atomic E-state index is 13.6. The van der Waals surface area contributed by atoms with Gasteiger partial charge >= 0.3 is 12.1 Å². The van der Waals surface area contributed by atoms with Crippen molar-refractivity contribution in [2.45, 2.75) is 39.8 Å². The first-order valence-corrected chi connectivity index (χ1v) is 13.8. The Bertz CT molecular complexity index is 1390. The van der Waals surface area contributed by atoms with E-state index in [-0.39, 0.29) is 36.3 Å². The van der Waals surface area contributed by atoms with Gasteiger partial charge < -0.3 is 39.7 Å². The van der Waals surface area contributed by atoms with E-state index in [2.05, 4.69) is 21.1 Å². The van der Waals surface area contributed by atoms with Crippen LogP contribution in [-0.4, -0.2) is 78.9 Å². The number of benzene rings is 2. The molecule has 2 heterocycles. The van der Waals surface area contributed by atoms with Gasteiger partial charge in [0, 0.05) is 50.6 Å². The number of likely N-dealkylation sites (N-methyl/N-ethyl adjacent to an activating group) is 1. The van der Waals surface area contributed by atoms with Crippen LogP contribution in [0.2, 0.25) is 0 Å². The van der Waals surface area contributed by atoms with Crippen molar-refractivity contribution in [2.24, 2.45) is 5.92 Å². The van der Waals surface area contributed by atoms with Gasteiger partial charge in [-0.15, -0.1) is 0 Å². The molecule has 12 heteroatoms. The van der Waals surface area contributed by atoms with Crippen LogP contribution in [0.3, 0.4) is 0 Å². The molecule has 0 saturated carbocycles. The molecule has 3 atom stereocenters. The molecule has 12 nitrogen and oxygen atoms in total. The zero-order valence-corrected chi connectivity index (χ0v) is 24.8. The van der Waals surface area contributed by atoms with Crippen molar-refractivity contribution >= 4 is 35.0 Å². The molecule has 5 amide bonds. The molecular weight excluding hydrogens is 540 g/mol. The minimum Gasteiger partial charge on any atom is -0.491 e. The van der Waals surface area contributed by atoms with E-state index in [1.54, 1.807) is 68.1 Å². The highest BCUT2D eigenvalue weighted by Crippen LogP contribution is 2.27. The average Bonchev–Trinajstić information content (AvgIpc) is 3.28. The first-order valence-electron chi connectivity index (χ1n) is 13.8. The summed E-state index contributed by atoms with van der Waals surface area (Å²) in [6.45, 7) is 8.07. The Morgan fingerprint density at radius 1 is 1.00 bits per heavy atom. The van der Waals surface area contributed by atoms with Crippen LogP contribution in [-0.2, 0) is 4.74 Å². The van der Waals surface area contributed by atoms with E-state index < -0.39 is 12.1 Å². The summed E-state index contributed by atoms with van der Waals surface area (Å²) in [4.78, 5) is 42.9. The number of aryl methyl sites for hydroxylation is 2. The summed E-state index contributed by atoms with van der Waals surface area (Å²) in [7, 11) is 3.29. The predicted molar refractivity (Wildman–Crippen MR) is 159 cm³/mol. The normalized spacial score (nSPS) is 19.6. The number of nitrogens with one attached hydrogen (secondary N) is 3. The number of rotatable bonds is 4. The monoisotopic (exact) mass is 578 g/mol. The molecule has 0 aliphatic carbocycles. The molecule has 4 rings (SSSR count). The van der Waals surface area contributed by atoms with E-state index in [4.69, 9.17) is 14.0 Å². The molecule has 1 aliphatic rings. The number of fused-ring (bicyclic) bond motifs is 1. The number of carbonyl (C=O) groups is 3. The number of para-hydroxylation sites is 1. The van der Waals surface area contributed by atoms with Gasteiger partial charge in [-0.1, -0.05) is 30.3 Å². The molecular formula is C30H38N6O6. The second kappa shape index (κ2) is 13.4. The van der Waals surface area contributed by atoms with Crippen molar-refractivity contribution in [3.05, 3.63) is 65.5 Å². The number of methoxy groups -OCH3 is 1. The second-order valence-corrected chi connectivity index (χ2v) is 10.5. The van der Waals surface area contributed by atoms with Crippen LogP contribution < -0.4 is 20.7 Å². The van der Waals surface area contributed by atoms with Crippen LogP contribution in [0.15, 0.2) is 53.1 Å². The maximum Gasteiger partial charge on any atom is 0.323 e. The van der Waals surface area contributed by atoms with Gasteiger partial charge in [-0.2, -0.15) is 0 Å². The van der Waals surface area contributed by atoms with E-state index in [1.807, 2.05) is 32.0 Å². The lowest BCUT2D eigenvalue weighted by Crippen LogP contribution is -2.50. The second-order valence-electron chi connectivity index (χ2n) is 10.5. The van der Waals surface area contributed by atoms with Crippen molar-refractivity contribution in [1.82, 2.24) is 15.0 Å². The van der Waals surface area contributed by atoms with Crippen LogP contribution in [0, 0.1) is 19.8 Å². The molecule has 1 aliphatic heterocycles. The molecule has 0 fully saturated rings. The molecule has 0 unspecified atom stereocenters. The summed E-state index contributed by atoms with van der Waals surface area (Å²) in [5, 5.41) is 12.4. The lowest BCUT2D eigenvalue weighted by atomic mass is 10.0. The van der Waals surface area contributed by atoms with Gasteiger partial charge in [0.05, 0.1) is 17.7 Å². The minimum absolute atomic E-state index is 0.0864. The number of hydrogen-bond acceptors (Lipinski definition) is 7. The zero-order chi connectivity index (χ0) is 30.4. The summed E-state index contributed by atoms with van der Waals surface area (Å²) in [6.07, 6.45) is -0.341. The number of ether oxygens (including phenoxy) is 2. The van der Waals surface area contributed by atoms with Gasteiger partial charge in [-0.05, 0) is 45.0 Å². The molecule has 224 valence electrons. The fourth-order valence-corrected chi connectivity index (χ4v) is 4.79. The summed E-state index contributed by atoms with van der Waals surface area (Å²) in [6, 6.07) is 12.8. The van der Waals surface area contributed by atoms with Crippen molar-refractivity contribution < 1.29 is 28.4 Å². The average molecular weight is 579 g/mol. The van der Waals surface area contributed by atoms with Gasteiger partial charge in [0.2, 0.25) is 0 Å². The van der Waals surface area contributed by atoms with E-state index in [0.717, 1.165) is 0 Å². The fraction of sp³-hybridized carbons (Fsp3) is 0.400. The maximum atomic E-state index is 13.6. The van der Waals surface area contributed by atoms with E-state index in [1.165, 1.54) is 0 Å². The van der Waals surface area contributed by atoms with Gasteiger partial charge in [0.1, 0.15) is 23.7 Å². The Labute approximate surface area is 245 Å². The molecule has 1 aromatic heterocycles. The number of carbonyl (C=O) groups excluding carboxylic acids is 3. The molecule has 42 heavy (non-hydrogen) atoms. The van der Waals surface area contributed by atoms with E-state index in [9.17, 15) is 14.4 Å². The molecule has 0 radical (unpaired) electrons. The van der Waals surface area contributed by atoms with Crippen LogP contribution in [0.25, 0.3) is 0 Å². The lowest BCUT2D eigenvalue weighted by molar-refractivity contribution is 0.0174. The molecule has 0 spiro atoms. The van der Waals surface area contributed by atoms with Crippen molar-refractivity contribution in [2.75, 3.05) is 49.8 Å². The molecule has 0 bridgehead atoms. The minimum atomic E-state index is -0.440. The number of urea groups is 2. The van der Waals surface area contributed by atoms with Crippen LogP contribution in [0.1, 0.15) is 35.7 Å². The number of amides is 5. The lowest BCUT2D eigenvalue weighted by Gasteiger charge is -2.36. The Balaban J connectivity index is 1.61. The van der Waals surface area contributed by atoms with Gasteiger partial charge in [-0.25, -0.2) is 9.59 Å². The SMILES string of the molecule is CO[C@H]1CN(C)C(=O)c2ccc(NC(=O)Nc3ccccc3)cc2OC[C@H](C)N(C(=O)Nc2c(C)noc2C)C[C@@H]1C. The highest BCUT2D eigenvalue weighted by molar-refractivity contribution is 6.01. The first kappa shape index (κ1) is 30.4. The summed E-state index contributed by atoms with van der Waals surface area (Å²) in [5.41, 5.74) is 2.50. The third-order valence-electron chi connectivity index (χ3n) is 7.26. The summed E-state index contributed by atoms with van der Waals surface area (Å²) in [5.74, 6) is 0.426. The molecule has 0 saturated heterocycles. The van der Waals surface area contributed by atoms with Crippen LogP contribution >= 0.6 is 0 Å². The number of nitrogens with zero attached hydrogens (tertiary/aromatic N) is 3. The number of aromatic nitrogens is 1. The summed E-state index contributed by atoms with van der Waals surface area (Å²) < 4.78 is 17.2. The number of hydrogen-bond donors (Lipinski definition) is 3. The van der Waals surface area contributed by atoms with Crippen LogP contribution in [0.5, 0.6) is 5.75 Å². The third-order valence-corrected chi connectivity index (χ3v) is 7.26. The smallest absolute Gasteiger partial charge is 0.323 e.